The molecule has 0 aromatic carbocycles. The molecule has 0 spiro atoms. The highest BCUT2D eigenvalue weighted by molar-refractivity contribution is 5.93. The van der Waals surface area contributed by atoms with E-state index in [9.17, 15) is 31.1 Å². The summed E-state index contributed by atoms with van der Waals surface area (Å²) in [5, 5.41) is 5.83. The van der Waals surface area contributed by atoms with Crippen molar-refractivity contribution in [3.63, 3.8) is 0 Å². The number of aryl methyl sites for hydroxylation is 1. The first-order valence-electron chi connectivity index (χ1n) is 8.78. The fourth-order valence-corrected chi connectivity index (χ4v) is 2.75. The van der Waals surface area contributed by atoms with E-state index in [1.165, 1.54) is 25.4 Å². The molecule has 12 heteroatoms. The van der Waals surface area contributed by atoms with Crippen LogP contribution in [0.2, 0.25) is 0 Å². The third kappa shape index (κ3) is 5.01. The topological polar surface area (TPSA) is 72.7 Å². The van der Waals surface area contributed by atoms with Gasteiger partial charge in [0.1, 0.15) is 11.4 Å². The highest BCUT2D eigenvalue weighted by Gasteiger charge is 2.35. The van der Waals surface area contributed by atoms with Crippen molar-refractivity contribution < 1.29 is 31.1 Å². The number of aromatic nitrogens is 4. The molecule has 31 heavy (non-hydrogen) atoms. The molecule has 6 nitrogen and oxygen atoms in total. The van der Waals surface area contributed by atoms with Crippen LogP contribution in [0.15, 0.2) is 42.7 Å². The van der Waals surface area contributed by atoms with Crippen LogP contribution in [0.5, 0.6) is 0 Å². The normalized spacial score (nSPS) is 13.2. The van der Waals surface area contributed by atoms with Gasteiger partial charge in [0.25, 0.3) is 5.91 Å². The molecular formula is C19H15F6N5O. The van der Waals surface area contributed by atoms with Gasteiger partial charge in [-0.3, -0.25) is 19.4 Å². The fraction of sp³-hybridized carbons (Fsp3) is 0.263. The van der Waals surface area contributed by atoms with Crippen LogP contribution in [0.4, 0.5) is 26.3 Å². The molecule has 3 aromatic rings. The van der Waals surface area contributed by atoms with Gasteiger partial charge in [-0.2, -0.15) is 31.4 Å². The molecular weight excluding hydrogens is 428 g/mol. The molecule has 3 heterocycles. The quantitative estimate of drug-likeness (QED) is 0.607. The van der Waals surface area contributed by atoms with Gasteiger partial charge in [-0.05, 0) is 30.7 Å². The van der Waals surface area contributed by atoms with Crippen LogP contribution in [-0.4, -0.2) is 25.7 Å². The summed E-state index contributed by atoms with van der Waals surface area (Å²) in [6.07, 6.45) is -6.88. The van der Waals surface area contributed by atoms with Gasteiger partial charge in [0, 0.05) is 31.1 Å². The van der Waals surface area contributed by atoms with Crippen LogP contribution in [0, 0.1) is 0 Å². The Hall–Kier alpha value is -3.44. The molecule has 1 atom stereocenters. The number of hydrogen-bond donors (Lipinski definition) is 1. The van der Waals surface area contributed by atoms with E-state index in [4.69, 9.17) is 0 Å². The highest BCUT2D eigenvalue weighted by atomic mass is 19.4. The molecule has 0 aliphatic carbocycles. The second-order valence-electron chi connectivity index (χ2n) is 6.64. The van der Waals surface area contributed by atoms with Crippen molar-refractivity contribution in [2.75, 3.05) is 0 Å². The van der Waals surface area contributed by atoms with Crippen LogP contribution in [0.3, 0.4) is 0 Å². The summed E-state index contributed by atoms with van der Waals surface area (Å²) in [4.78, 5) is 19.7. The number of hydrogen-bond acceptors (Lipinski definition) is 4. The predicted octanol–water partition coefficient (Wildman–Crippen LogP) is 4.41. The Balaban J connectivity index is 1.75. The minimum absolute atomic E-state index is 0.208. The molecule has 1 N–H and O–H groups in total. The molecule has 1 amide bonds. The zero-order valence-corrected chi connectivity index (χ0v) is 16.1. The molecule has 0 aliphatic heterocycles. The lowest BCUT2D eigenvalue weighted by atomic mass is 10.1. The summed E-state index contributed by atoms with van der Waals surface area (Å²) >= 11 is 0. The molecule has 0 bridgehead atoms. The first-order valence-corrected chi connectivity index (χ1v) is 8.78. The van der Waals surface area contributed by atoms with E-state index in [0.717, 1.165) is 16.9 Å². The second kappa shape index (κ2) is 8.00. The zero-order chi connectivity index (χ0) is 23.0. The van der Waals surface area contributed by atoms with E-state index in [0.29, 0.717) is 11.6 Å². The molecule has 3 rings (SSSR count). The van der Waals surface area contributed by atoms with Crippen molar-refractivity contribution >= 4 is 5.91 Å². The SMILES string of the molecule is C[C@@H](NC(=O)c1cc(C(F)(F)F)nn1C)c1ccc(-c2ccnc(C(F)(F)F)c2)nc1. The van der Waals surface area contributed by atoms with Gasteiger partial charge in [0.05, 0.1) is 11.7 Å². The van der Waals surface area contributed by atoms with Crippen LogP contribution in [-0.2, 0) is 19.4 Å². The van der Waals surface area contributed by atoms with Gasteiger partial charge in [0.15, 0.2) is 5.69 Å². The maximum atomic E-state index is 12.8. The van der Waals surface area contributed by atoms with Gasteiger partial charge in [-0.25, -0.2) is 0 Å². The van der Waals surface area contributed by atoms with Gasteiger partial charge < -0.3 is 5.32 Å². The number of halogens is 6. The first-order chi connectivity index (χ1) is 14.4. The van der Waals surface area contributed by atoms with Crippen molar-refractivity contribution in [2.45, 2.75) is 25.3 Å². The largest absolute Gasteiger partial charge is 0.435 e. The van der Waals surface area contributed by atoms with E-state index >= 15 is 0 Å². The monoisotopic (exact) mass is 443 g/mol. The molecule has 164 valence electrons. The van der Waals surface area contributed by atoms with Crippen molar-refractivity contribution in [1.82, 2.24) is 25.1 Å². The van der Waals surface area contributed by atoms with Gasteiger partial charge in [-0.1, -0.05) is 6.07 Å². The van der Waals surface area contributed by atoms with E-state index in [-0.39, 0.29) is 17.0 Å². The fourth-order valence-electron chi connectivity index (χ4n) is 2.75. The number of carbonyl (C=O) groups is 1. The Morgan fingerprint density at radius 2 is 1.68 bits per heavy atom. The van der Waals surface area contributed by atoms with E-state index < -0.39 is 35.7 Å². The summed E-state index contributed by atoms with van der Waals surface area (Å²) in [6.45, 7) is 1.59. The van der Waals surface area contributed by atoms with Crippen LogP contribution >= 0.6 is 0 Å². The van der Waals surface area contributed by atoms with Crippen LogP contribution in [0.25, 0.3) is 11.3 Å². The average molecular weight is 443 g/mol. The number of alkyl halides is 6. The average Bonchev–Trinajstić information content (AvgIpc) is 3.10. The lowest BCUT2D eigenvalue weighted by molar-refractivity contribution is -0.142. The minimum Gasteiger partial charge on any atom is -0.344 e. The molecule has 0 saturated heterocycles. The van der Waals surface area contributed by atoms with Crippen LogP contribution in [0.1, 0.15) is 40.4 Å². The van der Waals surface area contributed by atoms with Gasteiger partial charge >= 0.3 is 12.4 Å². The van der Waals surface area contributed by atoms with Crippen molar-refractivity contribution in [3.05, 3.63) is 65.4 Å². The Bertz CT molecular complexity index is 1090. The molecule has 0 saturated carbocycles. The summed E-state index contributed by atoms with van der Waals surface area (Å²) in [6, 6.07) is 5.27. The van der Waals surface area contributed by atoms with Crippen molar-refractivity contribution in [3.8, 4) is 11.3 Å². The highest BCUT2D eigenvalue weighted by Crippen LogP contribution is 2.30. The Labute approximate surface area is 171 Å². The number of pyridine rings is 2. The second-order valence-corrected chi connectivity index (χ2v) is 6.64. The molecule has 0 aliphatic rings. The maximum absolute atomic E-state index is 12.8. The molecule has 0 fully saturated rings. The van der Waals surface area contributed by atoms with Crippen molar-refractivity contribution in [1.29, 1.82) is 0 Å². The Morgan fingerprint density at radius 3 is 2.23 bits per heavy atom. The van der Waals surface area contributed by atoms with E-state index in [2.05, 4.69) is 20.4 Å². The Kier molecular flexibility index (Phi) is 5.74. The smallest absolute Gasteiger partial charge is 0.344 e. The first kappa shape index (κ1) is 22.2. The van der Waals surface area contributed by atoms with Crippen LogP contribution < -0.4 is 5.32 Å². The number of amides is 1. The number of rotatable bonds is 4. The van der Waals surface area contributed by atoms with Crippen molar-refractivity contribution in [2.24, 2.45) is 7.05 Å². The lowest BCUT2D eigenvalue weighted by Crippen LogP contribution is -2.28. The third-order valence-electron chi connectivity index (χ3n) is 4.38. The summed E-state index contributed by atoms with van der Waals surface area (Å²) < 4.78 is 77.6. The number of carbonyl (C=O) groups excluding carboxylic acids is 1. The van der Waals surface area contributed by atoms with Gasteiger partial charge in [0.2, 0.25) is 0 Å². The lowest BCUT2D eigenvalue weighted by Gasteiger charge is -2.14. The minimum atomic E-state index is -4.68. The summed E-state index contributed by atoms with van der Waals surface area (Å²) in [7, 11) is 1.22. The summed E-state index contributed by atoms with van der Waals surface area (Å²) in [5.74, 6) is -0.772. The molecule has 0 radical (unpaired) electrons. The van der Waals surface area contributed by atoms with E-state index in [1.807, 2.05) is 0 Å². The van der Waals surface area contributed by atoms with Gasteiger partial charge in [-0.15, -0.1) is 0 Å². The maximum Gasteiger partial charge on any atom is 0.435 e. The van der Waals surface area contributed by atoms with E-state index in [1.54, 1.807) is 13.0 Å². The number of nitrogens with zero attached hydrogens (tertiary/aromatic N) is 4. The standard InChI is InChI=1S/C19H15F6N5O/c1-10(28-17(31)14-8-16(19(23,24)25)29-30(14)2)12-3-4-13(27-9-12)11-5-6-26-15(7-11)18(20,21)22/h3-10H,1-2H3,(H,28,31)/t10-/m1/s1. The number of nitrogens with one attached hydrogen (secondary N) is 1. The molecule has 3 aromatic heterocycles. The zero-order valence-electron chi connectivity index (χ0n) is 16.1. The molecule has 0 unspecified atom stereocenters. The summed E-state index contributed by atoms with van der Waals surface area (Å²) in [5.41, 5.74) is -1.54. The predicted molar refractivity (Wildman–Crippen MR) is 96.6 cm³/mol. The third-order valence-corrected chi connectivity index (χ3v) is 4.38. The Morgan fingerprint density at radius 1 is 1.00 bits per heavy atom.